The van der Waals surface area contributed by atoms with Crippen molar-refractivity contribution in [2.24, 2.45) is 0 Å². The number of hydrogen-bond acceptors (Lipinski definition) is 3. The van der Waals surface area contributed by atoms with Gasteiger partial charge < -0.3 is 16.0 Å². The Hall–Kier alpha value is -4.71. The Balaban J connectivity index is 1.36. The van der Waals surface area contributed by atoms with Gasteiger partial charge in [-0.1, -0.05) is 48.5 Å². The van der Waals surface area contributed by atoms with E-state index in [9.17, 15) is 14.4 Å². The molecule has 3 amide bonds. The van der Waals surface area contributed by atoms with Crippen molar-refractivity contribution in [3.05, 3.63) is 131 Å². The van der Waals surface area contributed by atoms with Gasteiger partial charge in [0.05, 0.1) is 6.04 Å². The second-order valence-corrected chi connectivity index (χ2v) is 8.04. The Morgan fingerprint density at radius 1 is 0.543 bits per heavy atom. The van der Waals surface area contributed by atoms with Crippen LogP contribution in [-0.2, 0) is 0 Å². The summed E-state index contributed by atoms with van der Waals surface area (Å²) < 4.78 is 0. The van der Waals surface area contributed by atoms with Crippen molar-refractivity contribution in [1.82, 2.24) is 5.32 Å². The van der Waals surface area contributed by atoms with Crippen LogP contribution >= 0.6 is 0 Å². The second kappa shape index (κ2) is 10.9. The van der Waals surface area contributed by atoms with Gasteiger partial charge in [-0.3, -0.25) is 14.4 Å². The van der Waals surface area contributed by atoms with Gasteiger partial charge >= 0.3 is 0 Å². The average molecular weight is 464 g/mol. The highest BCUT2D eigenvalue weighted by Crippen LogP contribution is 2.19. The highest BCUT2D eigenvalue weighted by Gasteiger charge is 2.13. The number of hydrogen-bond donors (Lipinski definition) is 3. The third kappa shape index (κ3) is 6.21. The molecule has 174 valence electrons. The smallest absolute Gasteiger partial charge is 0.255 e. The molecule has 0 saturated heterocycles. The van der Waals surface area contributed by atoms with Gasteiger partial charge in [-0.25, -0.2) is 0 Å². The molecule has 0 fully saturated rings. The van der Waals surface area contributed by atoms with Gasteiger partial charge in [-0.2, -0.15) is 0 Å². The Bertz CT molecular complexity index is 1320. The topological polar surface area (TPSA) is 87.3 Å². The molecular weight excluding hydrogens is 438 g/mol. The molecule has 0 saturated carbocycles. The van der Waals surface area contributed by atoms with Crippen LogP contribution in [-0.4, -0.2) is 17.7 Å². The largest absolute Gasteiger partial charge is 0.346 e. The minimum atomic E-state index is -0.284. The Kier molecular flexibility index (Phi) is 7.33. The van der Waals surface area contributed by atoms with Crippen LogP contribution in [0.25, 0.3) is 0 Å². The summed E-state index contributed by atoms with van der Waals surface area (Å²) in [6.45, 7) is 1.88. The van der Waals surface area contributed by atoms with Gasteiger partial charge in [-0.05, 0) is 73.2 Å². The minimum absolute atomic E-state index is 0.195. The van der Waals surface area contributed by atoms with Crippen LogP contribution in [0.4, 0.5) is 11.4 Å². The van der Waals surface area contributed by atoms with Crippen LogP contribution < -0.4 is 16.0 Å². The normalized spacial score (nSPS) is 11.2. The molecular formula is C29H25N3O3. The predicted octanol–water partition coefficient (Wildman–Crippen LogP) is 5.68. The van der Waals surface area contributed by atoms with Crippen LogP contribution in [0.1, 0.15) is 49.6 Å². The lowest BCUT2D eigenvalue weighted by atomic mass is 10.1. The summed E-state index contributed by atoms with van der Waals surface area (Å²) in [7, 11) is 0. The number of carbonyl (C=O) groups is 3. The van der Waals surface area contributed by atoms with E-state index in [4.69, 9.17) is 0 Å². The fourth-order valence-corrected chi connectivity index (χ4v) is 3.54. The standard InChI is InChI=1S/C29H25N3O3/c1-20(24-13-8-14-26(19-24)32-29(35)22-11-6-3-7-12-22)30-27(33)23-15-17-25(18-16-23)31-28(34)21-9-4-2-5-10-21/h2-20H,1H3,(H,30,33)(H,31,34)(H,32,35). The van der Waals surface area contributed by atoms with Crippen molar-refractivity contribution in [3.8, 4) is 0 Å². The summed E-state index contributed by atoms with van der Waals surface area (Å²) >= 11 is 0. The highest BCUT2D eigenvalue weighted by atomic mass is 16.2. The molecule has 35 heavy (non-hydrogen) atoms. The SMILES string of the molecule is CC(NC(=O)c1ccc(NC(=O)c2ccccc2)cc1)c1cccc(NC(=O)c2ccccc2)c1. The van der Waals surface area contributed by atoms with Crippen molar-refractivity contribution >= 4 is 29.1 Å². The maximum atomic E-state index is 12.8. The zero-order valence-electron chi connectivity index (χ0n) is 19.2. The number of benzene rings is 4. The molecule has 4 aromatic carbocycles. The first-order valence-corrected chi connectivity index (χ1v) is 11.2. The van der Waals surface area contributed by atoms with E-state index in [-0.39, 0.29) is 23.8 Å². The Labute approximate surface area is 204 Å². The van der Waals surface area contributed by atoms with E-state index in [1.165, 1.54) is 0 Å². The molecule has 0 heterocycles. The van der Waals surface area contributed by atoms with Crippen molar-refractivity contribution in [1.29, 1.82) is 0 Å². The van der Waals surface area contributed by atoms with E-state index in [0.29, 0.717) is 28.1 Å². The molecule has 6 nitrogen and oxygen atoms in total. The maximum absolute atomic E-state index is 12.8. The van der Waals surface area contributed by atoms with Crippen LogP contribution in [0.2, 0.25) is 0 Å². The quantitative estimate of drug-likeness (QED) is 0.329. The molecule has 6 heteroatoms. The molecule has 0 radical (unpaired) electrons. The van der Waals surface area contributed by atoms with Gasteiger partial charge in [-0.15, -0.1) is 0 Å². The third-order valence-corrected chi connectivity index (χ3v) is 5.47. The van der Waals surface area contributed by atoms with Gasteiger partial charge in [0, 0.05) is 28.1 Å². The number of anilines is 2. The second-order valence-electron chi connectivity index (χ2n) is 8.04. The number of rotatable bonds is 7. The Morgan fingerprint density at radius 3 is 1.63 bits per heavy atom. The molecule has 0 aliphatic rings. The molecule has 0 aromatic heterocycles. The van der Waals surface area contributed by atoms with E-state index < -0.39 is 0 Å². The zero-order chi connectivity index (χ0) is 24.6. The summed E-state index contributed by atoms with van der Waals surface area (Å²) in [4.78, 5) is 37.5. The molecule has 3 N–H and O–H groups in total. The van der Waals surface area contributed by atoms with Crippen molar-refractivity contribution in [2.45, 2.75) is 13.0 Å². The highest BCUT2D eigenvalue weighted by molar-refractivity contribution is 6.05. The van der Waals surface area contributed by atoms with E-state index >= 15 is 0 Å². The molecule has 0 spiro atoms. The van der Waals surface area contributed by atoms with Crippen molar-refractivity contribution in [3.63, 3.8) is 0 Å². The molecule has 1 atom stereocenters. The van der Waals surface area contributed by atoms with Gasteiger partial charge in [0.15, 0.2) is 0 Å². The Morgan fingerprint density at radius 2 is 1.06 bits per heavy atom. The monoisotopic (exact) mass is 463 g/mol. The fraction of sp³-hybridized carbons (Fsp3) is 0.0690. The van der Waals surface area contributed by atoms with E-state index in [2.05, 4.69) is 16.0 Å². The first-order valence-electron chi connectivity index (χ1n) is 11.2. The minimum Gasteiger partial charge on any atom is -0.346 e. The first-order chi connectivity index (χ1) is 17.0. The predicted molar refractivity (Wildman–Crippen MR) is 138 cm³/mol. The van der Waals surface area contributed by atoms with Crippen LogP contribution in [0.3, 0.4) is 0 Å². The van der Waals surface area contributed by atoms with Crippen LogP contribution in [0.5, 0.6) is 0 Å². The molecule has 4 rings (SSSR count). The molecule has 0 aliphatic carbocycles. The van der Waals surface area contributed by atoms with Crippen molar-refractivity contribution in [2.75, 3.05) is 10.6 Å². The molecule has 0 aliphatic heterocycles. The summed E-state index contributed by atoms with van der Waals surface area (Å²) in [6, 6.07) is 31.7. The average Bonchev–Trinajstić information content (AvgIpc) is 2.90. The fourth-order valence-electron chi connectivity index (χ4n) is 3.54. The van der Waals surface area contributed by atoms with E-state index in [0.717, 1.165) is 5.56 Å². The molecule has 4 aromatic rings. The zero-order valence-corrected chi connectivity index (χ0v) is 19.2. The van der Waals surface area contributed by atoms with E-state index in [1.54, 1.807) is 66.7 Å². The number of carbonyl (C=O) groups excluding carboxylic acids is 3. The van der Waals surface area contributed by atoms with Gasteiger partial charge in [0.2, 0.25) is 0 Å². The third-order valence-electron chi connectivity index (χ3n) is 5.47. The summed E-state index contributed by atoms with van der Waals surface area (Å²) in [5.74, 6) is -0.647. The van der Waals surface area contributed by atoms with Gasteiger partial charge in [0.25, 0.3) is 17.7 Å². The summed E-state index contributed by atoms with van der Waals surface area (Å²) in [5.41, 5.74) is 3.72. The summed E-state index contributed by atoms with van der Waals surface area (Å²) in [6.07, 6.45) is 0. The van der Waals surface area contributed by atoms with E-state index in [1.807, 2.05) is 49.4 Å². The van der Waals surface area contributed by atoms with Crippen LogP contribution in [0, 0.1) is 0 Å². The first kappa shape index (κ1) is 23.4. The number of nitrogens with one attached hydrogen (secondary N) is 3. The van der Waals surface area contributed by atoms with Crippen molar-refractivity contribution < 1.29 is 14.4 Å². The lowest BCUT2D eigenvalue weighted by Crippen LogP contribution is -2.26. The molecule has 0 bridgehead atoms. The maximum Gasteiger partial charge on any atom is 0.255 e. The lowest BCUT2D eigenvalue weighted by molar-refractivity contribution is 0.0938. The summed E-state index contributed by atoms with van der Waals surface area (Å²) in [5, 5.41) is 8.68. The number of amides is 3. The molecule has 1 unspecified atom stereocenters. The van der Waals surface area contributed by atoms with Gasteiger partial charge in [0.1, 0.15) is 0 Å². The van der Waals surface area contributed by atoms with Crippen LogP contribution in [0.15, 0.2) is 109 Å². The lowest BCUT2D eigenvalue weighted by Gasteiger charge is -2.16.